The molecule has 0 bridgehead atoms. The monoisotopic (exact) mass is 317 g/mol. The molecule has 2 heterocycles. The summed E-state index contributed by atoms with van der Waals surface area (Å²) in [7, 11) is 0. The molecule has 0 spiro atoms. The number of nitrogens with one attached hydrogen (secondary N) is 1. The van der Waals surface area contributed by atoms with E-state index in [2.05, 4.69) is 15.4 Å². The van der Waals surface area contributed by atoms with Gasteiger partial charge in [-0.05, 0) is 37.1 Å². The van der Waals surface area contributed by atoms with Crippen LogP contribution in [0.1, 0.15) is 29.0 Å². The van der Waals surface area contributed by atoms with Gasteiger partial charge >= 0.3 is 0 Å². The number of furan rings is 1. The van der Waals surface area contributed by atoms with Crippen LogP contribution < -0.4 is 10.3 Å². The Bertz CT molecular complexity index is 690. The molecule has 0 aliphatic carbocycles. The number of benzene rings is 1. The SMILES string of the molecule is O=C(N/N=C\c1ccc(N2CCCC2)o1)c1cccc(Cl)c1. The standard InChI is InChI=1S/C16H16ClN3O2/c17-13-5-3-4-12(10-13)16(21)19-18-11-14-6-7-15(22-14)20-8-1-2-9-20/h3-7,10-11H,1-2,8-9H2,(H,19,21)/b18-11-. The molecule has 1 fully saturated rings. The third kappa shape index (κ3) is 3.49. The lowest BCUT2D eigenvalue weighted by Crippen LogP contribution is -2.17. The van der Waals surface area contributed by atoms with E-state index in [4.69, 9.17) is 16.0 Å². The van der Waals surface area contributed by atoms with Crippen LogP contribution in [-0.2, 0) is 0 Å². The van der Waals surface area contributed by atoms with Crippen molar-refractivity contribution in [3.63, 3.8) is 0 Å². The van der Waals surface area contributed by atoms with Crippen LogP contribution in [0.5, 0.6) is 0 Å². The Kier molecular flexibility index (Phi) is 4.44. The summed E-state index contributed by atoms with van der Waals surface area (Å²) in [5.74, 6) is 1.14. The summed E-state index contributed by atoms with van der Waals surface area (Å²) in [5, 5.41) is 4.42. The van der Waals surface area contributed by atoms with Crippen molar-refractivity contribution in [1.82, 2.24) is 5.43 Å². The van der Waals surface area contributed by atoms with Crippen molar-refractivity contribution in [2.75, 3.05) is 18.0 Å². The van der Waals surface area contributed by atoms with Crippen LogP contribution in [0, 0.1) is 0 Å². The number of carbonyl (C=O) groups excluding carboxylic acids is 1. The zero-order chi connectivity index (χ0) is 15.4. The van der Waals surface area contributed by atoms with Gasteiger partial charge in [0.25, 0.3) is 5.91 Å². The Morgan fingerprint density at radius 2 is 2.09 bits per heavy atom. The Morgan fingerprint density at radius 1 is 1.27 bits per heavy atom. The molecule has 114 valence electrons. The van der Waals surface area contributed by atoms with Gasteiger partial charge in [0.2, 0.25) is 0 Å². The van der Waals surface area contributed by atoms with Gasteiger partial charge in [-0.2, -0.15) is 5.10 Å². The molecule has 1 aromatic carbocycles. The fraction of sp³-hybridized carbons (Fsp3) is 0.250. The number of hydrogen-bond acceptors (Lipinski definition) is 4. The Balaban J connectivity index is 1.59. The summed E-state index contributed by atoms with van der Waals surface area (Å²) in [6.07, 6.45) is 3.88. The second kappa shape index (κ2) is 6.66. The number of halogens is 1. The van der Waals surface area contributed by atoms with Gasteiger partial charge in [0, 0.05) is 29.7 Å². The smallest absolute Gasteiger partial charge is 0.271 e. The summed E-state index contributed by atoms with van der Waals surface area (Å²) in [5.41, 5.74) is 2.91. The van der Waals surface area contributed by atoms with Crippen LogP contribution in [-0.4, -0.2) is 25.2 Å². The van der Waals surface area contributed by atoms with Gasteiger partial charge in [0.05, 0.1) is 6.21 Å². The van der Waals surface area contributed by atoms with Crippen molar-refractivity contribution in [1.29, 1.82) is 0 Å². The lowest BCUT2D eigenvalue weighted by atomic mass is 10.2. The zero-order valence-electron chi connectivity index (χ0n) is 12.0. The minimum Gasteiger partial charge on any atom is -0.440 e. The molecule has 0 unspecified atom stereocenters. The Labute approximate surface area is 133 Å². The molecule has 0 radical (unpaired) electrons. The number of rotatable bonds is 4. The molecule has 3 rings (SSSR count). The van der Waals surface area contributed by atoms with Crippen LogP contribution in [0.2, 0.25) is 5.02 Å². The lowest BCUT2D eigenvalue weighted by molar-refractivity contribution is 0.0955. The second-order valence-electron chi connectivity index (χ2n) is 5.08. The van der Waals surface area contributed by atoms with E-state index < -0.39 is 0 Å². The molecule has 1 aliphatic rings. The highest BCUT2D eigenvalue weighted by atomic mass is 35.5. The molecule has 2 aromatic rings. The minimum atomic E-state index is -0.315. The first-order chi connectivity index (χ1) is 10.7. The maximum atomic E-state index is 11.9. The topological polar surface area (TPSA) is 57.8 Å². The number of hydrogen-bond donors (Lipinski definition) is 1. The summed E-state index contributed by atoms with van der Waals surface area (Å²) in [4.78, 5) is 14.1. The predicted molar refractivity (Wildman–Crippen MR) is 86.7 cm³/mol. The number of anilines is 1. The third-order valence-electron chi connectivity index (χ3n) is 3.48. The van der Waals surface area contributed by atoms with Crippen LogP contribution in [0.3, 0.4) is 0 Å². The Hall–Kier alpha value is -2.27. The van der Waals surface area contributed by atoms with Gasteiger partial charge in [-0.1, -0.05) is 17.7 Å². The van der Waals surface area contributed by atoms with Crippen molar-refractivity contribution in [3.05, 3.63) is 52.7 Å². The number of hydrazone groups is 1. The van der Waals surface area contributed by atoms with Crippen molar-refractivity contribution < 1.29 is 9.21 Å². The zero-order valence-corrected chi connectivity index (χ0v) is 12.7. The van der Waals surface area contributed by atoms with Gasteiger partial charge in [0.15, 0.2) is 5.88 Å². The molecule has 0 atom stereocenters. The highest BCUT2D eigenvalue weighted by Crippen LogP contribution is 2.21. The summed E-state index contributed by atoms with van der Waals surface area (Å²) < 4.78 is 5.68. The first-order valence-electron chi connectivity index (χ1n) is 7.16. The van der Waals surface area contributed by atoms with Crippen LogP contribution in [0.25, 0.3) is 0 Å². The quantitative estimate of drug-likeness (QED) is 0.695. The average molecular weight is 318 g/mol. The first-order valence-corrected chi connectivity index (χ1v) is 7.54. The molecule has 1 aromatic heterocycles. The van der Waals surface area contributed by atoms with E-state index >= 15 is 0 Å². The number of amides is 1. The molecule has 1 aliphatic heterocycles. The average Bonchev–Trinajstić information content (AvgIpc) is 3.18. The molecule has 22 heavy (non-hydrogen) atoms. The third-order valence-corrected chi connectivity index (χ3v) is 3.71. The van der Waals surface area contributed by atoms with Crippen molar-refractivity contribution in [2.24, 2.45) is 5.10 Å². The van der Waals surface area contributed by atoms with Crippen molar-refractivity contribution in [3.8, 4) is 0 Å². The van der Waals surface area contributed by atoms with Gasteiger partial charge in [-0.3, -0.25) is 4.79 Å². The number of carbonyl (C=O) groups is 1. The van der Waals surface area contributed by atoms with E-state index in [1.54, 1.807) is 24.3 Å². The van der Waals surface area contributed by atoms with E-state index in [1.807, 2.05) is 12.1 Å². The van der Waals surface area contributed by atoms with Gasteiger partial charge in [-0.15, -0.1) is 0 Å². The molecule has 1 N–H and O–H groups in total. The molecule has 6 heteroatoms. The van der Waals surface area contributed by atoms with Crippen LogP contribution in [0.15, 0.2) is 45.9 Å². The summed E-state index contributed by atoms with van der Waals surface area (Å²) in [6.45, 7) is 2.05. The largest absolute Gasteiger partial charge is 0.440 e. The second-order valence-corrected chi connectivity index (χ2v) is 5.52. The van der Waals surface area contributed by atoms with Gasteiger partial charge < -0.3 is 9.32 Å². The van der Waals surface area contributed by atoms with E-state index in [0.717, 1.165) is 19.0 Å². The van der Waals surface area contributed by atoms with Crippen molar-refractivity contribution >= 4 is 29.6 Å². The Morgan fingerprint density at radius 3 is 2.86 bits per heavy atom. The summed E-state index contributed by atoms with van der Waals surface area (Å²) in [6, 6.07) is 10.5. The summed E-state index contributed by atoms with van der Waals surface area (Å²) >= 11 is 5.85. The molecular weight excluding hydrogens is 302 g/mol. The first kappa shape index (κ1) is 14.7. The van der Waals surface area contributed by atoms with Gasteiger partial charge in [-0.25, -0.2) is 5.43 Å². The highest BCUT2D eigenvalue weighted by molar-refractivity contribution is 6.30. The molecule has 5 nitrogen and oxygen atoms in total. The fourth-order valence-electron chi connectivity index (χ4n) is 2.37. The van der Waals surface area contributed by atoms with E-state index in [0.29, 0.717) is 16.3 Å². The maximum Gasteiger partial charge on any atom is 0.271 e. The maximum absolute atomic E-state index is 11.9. The minimum absolute atomic E-state index is 0.315. The van der Waals surface area contributed by atoms with Crippen LogP contribution >= 0.6 is 11.6 Å². The normalized spacial score (nSPS) is 14.7. The van der Waals surface area contributed by atoms with E-state index in [-0.39, 0.29) is 5.91 Å². The predicted octanol–water partition coefficient (Wildman–Crippen LogP) is 3.30. The molecule has 1 saturated heterocycles. The van der Waals surface area contributed by atoms with Crippen LogP contribution in [0.4, 0.5) is 5.88 Å². The van der Waals surface area contributed by atoms with E-state index in [9.17, 15) is 4.79 Å². The lowest BCUT2D eigenvalue weighted by Gasteiger charge is -2.12. The molecule has 1 amide bonds. The number of nitrogens with zero attached hydrogens (tertiary/aromatic N) is 2. The fourth-order valence-corrected chi connectivity index (χ4v) is 2.56. The van der Waals surface area contributed by atoms with E-state index in [1.165, 1.54) is 19.1 Å². The molecule has 0 saturated carbocycles. The van der Waals surface area contributed by atoms with Crippen molar-refractivity contribution in [2.45, 2.75) is 12.8 Å². The highest BCUT2D eigenvalue weighted by Gasteiger charge is 2.15. The molecular formula is C16H16ClN3O2. The van der Waals surface area contributed by atoms with Gasteiger partial charge in [0.1, 0.15) is 5.76 Å².